The van der Waals surface area contributed by atoms with Gasteiger partial charge in [-0.15, -0.1) is 11.8 Å². The Morgan fingerprint density at radius 1 is 1.69 bits per heavy atom. The summed E-state index contributed by atoms with van der Waals surface area (Å²) >= 11 is 1.29. The second kappa shape index (κ2) is 3.04. The lowest BCUT2D eigenvalue weighted by Crippen LogP contribution is -2.48. The van der Waals surface area contributed by atoms with Crippen LogP contribution in [0.3, 0.4) is 0 Å². The number of fused-ring (bicyclic) bond motifs is 1. The van der Waals surface area contributed by atoms with Crippen LogP contribution in [0.25, 0.3) is 0 Å². The average molecular weight is 239 g/mol. The van der Waals surface area contributed by atoms with E-state index >= 15 is 0 Å². The monoisotopic (exact) mass is 239 g/mol. The molecule has 0 aliphatic carbocycles. The van der Waals surface area contributed by atoms with E-state index in [9.17, 15) is 14.7 Å². The highest BCUT2D eigenvalue weighted by Crippen LogP contribution is 2.52. The van der Waals surface area contributed by atoms with E-state index < -0.39 is 10.7 Å². The molecule has 0 bridgehead atoms. The minimum absolute atomic E-state index is 0.00583. The number of β-lactam (4-membered cyclic amide) rings is 1. The van der Waals surface area contributed by atoms with Gasteiger partial charge in [0.25, 0.3) is 0 Å². The van der Waals surface area contributed by atoms with Crippen molar-refractivity contribution in [1.82, 2.24) is 4.90 Å². The lowest BCUT2D eigenvalue weighted by Gasteiger charge is -2.32. The Morgan fingerprint density at radius 3 is 3.00 bits per heavy atom. The van der Waals surface area contributed by atoms with Crippen LogP contribution in [-0.2, 0) is 14.3 Å². The maximum atomic E-state index is 11.4. The standard InChI is InChI=1S/C10H9NO4S/c12-7-4-8-11(7)5-10(16-8,9(13)14)6-2-1-3-15-6/h1-3,8H,4-5H2,(H,13,14)/t8-,10?/m1/s1. The maximum Gasteiger partial charge on any atom is 0.329 e. The first-order chi connectivity index (χ1) is 7.63. The number of nitrogens with zero attached hydrogens (tertiary/aromatic N) is 1. The van der Waals surface area contributed by atoms with Gasteiger partial charge in [0.1, 0.15) is 5.76 Å². The van der Waals surface area contributed by atoms with Crippen LogP contribution in [0.1, 0.15) is 12.2 Å². The van der Waals surface area contributed by atoms with Crippen LogP contribution in [0.15, 0.2) is 22.8 Å². The van der Waals surface area contributed by atoms with Gasteiger partial charge in [0.2, 0.25) is 5.91 Å². The first-order valence-electron chi connectivity index (χ1n) is 4.88. The Hall–Kier alpha value is -1.43. The molecule has 16 heavy (non-hydrogen) atoms. The van der Waals surface area contributed by atoms with Gasteiger partial charge in [-0.05, 0) is 12.1 Å². The van der Waals surface area contributed by atoms with Crippen LogP contribution < -0.4 is 0 Å². The number of hydrogen-bond donors (Lipinski definition) is 1. The van der Waals surface area contributed by atoms with Gasteiger partial charge in [-0.25, -0.2) is 0 Å². The highest BCUT2D eigenvalue weighted by molar-refractivity contribution is 8.01. The second-order valence-electron chi connectivity index (χ2n) is 3.91. The molecular formula is C10H9NO4S. The zero-order valence-electron chi connectivity index (χ0n) is 8.25. The first-order valence-corrected chi connectivity index (χ1v) is 5.76. The minimum atomic E-state index is -1.12. The molecule has 3 heterocycles. The number of furan rings is 1. The lowest BCUT2D eigenvalue weighted by atomic mass is 10.0. The molecule has 0 aromatic carbocycles. The Balaban J connectivity index is 2.00. The Labute approximate surface area is 95.4 Å². The number of thioether (sulfide) groups is 1. The van der Waals surface area contributed by atoms with E-state index in [1.807, 2.05) is 0 Å². The molecule has 2 aliphatic rings. The predicted octanol–water partition coefficient (Wildman–Crippen LogP) is 0.865. The number of carbonyl (C=O) groups is 2. The molecular weight excluding hydrogens is 230 g/mol. The fourth-order valence-corrected chi connectivity index (χ4v) is 3.65. The van der Waals surface area contributed by atoms with Crippen LogP contribution in [0.5, 0.6) is 0 Å². The topological polar surface area (TPSA) is 70.8 Å². The molecule has 1 amide bonds. The van der Waals surface area contributed by atoms with Gasteiger partial charge in [0.05, 0.1) is 24.6 Å². The number of amides is 1. The molecule has 84 valence electrons. The van der Waals surface area contributed by atoms with E-state index in [1.165, 1.54) is 18.0 Å². The first kappa shape index (κ1) is 9.77. The van der Waals surface area contributed by atoms with Crippen molar-refractivity contribution in [3.63, 3.8) is 0 Å². The lowest BCUT2D eigenvalue weighted by molar-refractivity contribution is -0.144. The van der Waals surface area contributed by atoms with E-state index in [-0.39, 0.29) is 17.8 Å². The molecule has 0 saturated carbocycles. The zero-order chi connectivity index (χ0) is 11.3. The van der Waals surface area contributed by atoms with E-state index in [2.05, 4.69) is 0 Å². The molecule has 1 N–H and O–H groups in total. The zero-order valence-corrected chi connectivity index (χ0v) is 9.07. The SMILES string of the molecule is O=C1C[C@H]2SC(C(=O)O)(c3ccco3)CN12. The Bertz CT molecular complexity index is 457. The molecule has 1 aromatic heterocycles. The third kappa shape index (κ3) is 1.07. The summed E-state index contributed by atoms with van der Waals surface area (Å²) in [5.41, 5.74) is 0. The van der Waals surface area contributed by atoms with Crippen molar-refractivity contribution in [2.24, 2.45) is 0 Å². The Kier molecular flexibility index (Phi) is 1.85. The summed E-state index contributed by atoms with van der Waals surface area (Å²) in [4.78, 5) is 24.3. The fourth-order valence-electron chi connectivity index (χ4n) is 2.10. The van der Waals surface area contributed by atoms with Crippen LogP contribution in [0.2, 0.25) is 0 Å². The smallest absolute Gasteiger partial charge is 0.329 e. The second-order valence-corrected chi connectivity index (χ2v) is 5.38. The van der Waals surface area contributed by atoms with Crippen LogP contribution in [-0.4, -0.2) is 33.8 Å². The Morgan fingerprint density at radius 2 is 2.50 bits per heavy atom. The van der Waals surface area contributed by atoms with E-state index in [4.69, 9.17) is 4.42 Å². The van der Waals surface area contributed by atoms with Crippen LogP contribution >= 0.6 is 11.8 Å². The van der Waals surface area contributed by atoms with Crippen molar-refractivity contribution in [3.8, 4) is 0 Å². The summed E-state index contributed by atoms with van der Waals surface area (Å²) < 4.78 is 4.08. The van der Waals surface area contributed by atoms with Crippen molar-refractivity contribution >= 4 is 23.6 Å². The summed E-state index contributed by atoms with van der Waals surface area (Å²) in [6, 6.07) is 3.31. The molecule has 2 fully saturated rings. The van der Waals surface area contributed by atoms with Gasteiger partial charge >= 0.3 is 5.97 Å². The molecule has 6 heteroatoms. The number of carboxylic acids is 1. The molecule has 2 saturated heterocycles. The van der Waals surface area contributed by atoms with Crippen LogP contribution in [0.4, 0.5) is 0 Å². The van der Waals surface area contributed by atoms with Gasteiger partial charge in [0.15, 0.2) is 4.75 Å². The predicted molar refractivity (Wildman–Crippen MR) is 55.7 cm³/mol. The number of carbonyl (C=O) groups excluding carboxylic acids is 1. The van der Waals surface area contributed by atoms with Gasteiger partial charge in [-0.2, -0.15) is 0 Å². The van der Waals surface area contributed by atoms with Gasteiger partial charge in [-0.1, -0.05) is 0 Å². The highest BCUT2D eigenvalue weighted by atomic mass is 32.2. The highest BCUT2D eigenvalue weighted by Gasteiger charge is 2.59. The van der Waals surface area contributed by atoms with Crippen molar-refractivity contribution < 1.29 is 19.1 Å². The summed E-state index contributed by atoms with van der Waals surface area (Å²) in [5.74, 6) is -0.519. The van der Waals surface area contributed by atoms with Gasteiger partial charge in [-0.3, -0.25) is 9.59 Å². The largest absolute Gasteiger partial charge is 0.480 e. The molecule has 5 nitrogen and oxygen atoms in total. The maximum absolute atomic E-state index is 11.4. The summed E-state index contributed by atoms with van der Waals surface area (Å²) in [7, 11) is 0. The molecule has 1 unspecified atom stereocenters. The molecule has 0 spiro atoms. The summed E-state index contributed by atoms with van der Waals surface area (Å²) in [5, 5.41) is 9.36. The van der Waals surface area contributed by atoms with Gasteiger partial charge in [0, 0.05) is 0 Å². The van der Waals surface area contributed by atoms with E-state index in [0.717, 1.165) is 0 Å². The normalized spacial score (nSPS) is 32.4. The van der Waals surface area contributed by atoms with Crippen molar-refractivity contribution in [2.75, 3.05) is 6.54 Å². The number of hydrogen-bond acceptors (Lipinski definition) is 4. The van der Waals surface area contributed by atoms with E-state index in [1.54, 1.807) is 17.0 Å². The molecule has 2 aliphatic heterocycles. The molecule has 3 rings (SSSR count). The summed E-state index contributed by atoms with van der Waals surface area (Å²) in [6.45, 7) is 0.198. The number of rotatable bonds is 2. The molecule has 2 atom stereocenters. The number of aliphatic carboxylic acids is 1. The quantitative estimate of drug-likeness (QED) is 0.775. The molecule has 0 radical (unpaired) electrons. The van der Waals surface area contributed by atoms with Gasteiger partial charge < -0.3 is 14.4 Å². The number of carboxylic acid groups (broad SMARTS) is 1. The summed E-state index contributed by atoms with van der Waals surface area (Å²) in [6.07, 6.45) is 1.89. The average Bonchev–Trinajstić information content (AvgIpc) is 2.82. The fraction of sp³-hybridized carbons (Fsp3) is 0.400. The third-order valence-electron chi connectivity index (χ3n) is 3.01. The van der Waals surface area contributed by atoms with Crippen LogP contribution in [0, 0.1) is 0 Å². The van der Waals surface area contributed by atoms with E-state index in [0.29, 0.717) is 12.2 Å². The van der Waals surface area contributed by atoms with Crippen molar-refractivity contribution in [2.45, 2.75) is 16.5 Å². The van der Waals surface area contributed by atoms with Crippen molar-refractivity contribution in [3.05, 3.63) is 24.2 Å². The third-order valence-corrected chi connectivity index (χ3v) is 4.61. The van der Waals surface area contributed by atoms with Crippen molar-refractivity contribution in [1.29, 1.82) is 0 Å². The minimum Gasteiger partial charge on any atom is -0.480 e. The molecule has 1 aromatic rings.